The van der Waals surface area contributed by atoms with E-state index in [1.165, 1.54) is 11.8 Å². The number of nitrogens with one attached hydrogen (secondary N) is 2. The fourth-order valence-corrected chi connectivity index (χ4v) is 4.89. The van der Waals surface area contributed by atoms with E-state index < -0.39 is 0 Å². The first-order chi connectivity index (χ1) is 15.1. The minimum Gasteiger partial charge on any atom is -0.454 e. The van der Waals surface area contributed by atoms with Crippen molar-refractivity contribution in [3.63, 3.8) is 0 Å². The third-order valence-corrected chi connectivity index (χ3v) is 6.99. The Bertz CT molecular complexity index is 1110. The molecule has 1 aliphatic rings. The topological polar surface area (TPSA) is 137 Å². The first-order valence-corrected chi connectivity index (χ1v) is 11.5. The maximum atomic E-state index is 11.1. The number of ether oxygens (including phenoxy) is 2. The molecule has 1 amide bonds. The number of hydrogen-bond donors (Lipinski definition) is 4. The number of benzene rings is 1. The van der Waals surface area contributed by atoms with E-state index in [1.807, 2.05) is 18.2 Å². The van der Waals surface area contributed by atoms with Gasteiger partial charge in [0.05, 0.1) is 5.52 Å². The summed E-state index contributed by atoms with van der Waals surface area (Å²) in [5.41, 5.74) is 9.28. The zero-order chi connectivity index (χ0) is 21.8. The van der Waals surface area contributed by atoms with E-state index in [2.05, 4.69) is 37.5 Å². The van der Waals surface area contributed by atoms with Crippen molar-refractivity contribution in [1.82, 2.24) is 25.3 Å². The summed E-state index contributed by atoms with van der Waals surface area (Å²) in [6.45, 7) is 2.23. The Hall–Kier alpha value is -2.29. The smallest absolute Gasteiger partial charge is 0.243 e. The summed E-state index contributed by atoms with van der Waals surface area (Å²) < 4.78 is 14.1. The van der Waals surface area contributed by atoms with E-state index in [4.69, 9.17) is 25.4 Å². The Balaban J connectivity index is 1.52. The van der Waals surface area contributed by atoms with Gasteiger partial charge in [0.15, 0.2) is 22.5 Å². The molecule has 0 bridgehead atoms. The van der Waals surface area contributed by atoms with E-state index in [-0.39, 0.29) is 19.1 Å². The number of aromatic nitrogens is 3. The van der Waals surface area contributed by atoms with Gasteiger partial charge in [-0.25, -0.2) is 15.4 Å². The Morgan fingerprint density at radius 3 is 2.94 bits per heavy atom. The number of halogens is 1. The molecule has 0 aliphatic carbocycles. The van der Waals surface area contributed by atoms with Gasteiger partial charge in [-0.2, -0.15) is 0 Å². The molecule has 4 rings (SSSR count). The van der Waals surface area contributed by atoms with Gasteiger partial charge in [0, 0.05) is 34.2 Å². The van der Waals surface area contributed by atoms with Gasteiger partial charge < -0.3 is 25.1 Å². The van der Waals surface area contributed by atoms with Crippen molar-refractivity contribution in [3.05, 3.63) is 28.0 Å². The number of hydroxylamine groups is 1. The van der Waals surface area contributed by atoms with Crippen molar-refractivity contribution in [1.29, 1.82) is 0 Å². The summed E-state index contributed by atoms with van der Waals surface area (Å²) in [4.78, 5) is 21.0. The van der Waals surface area contributed by atoms with Gasteiger partial charge in [0.2, 0.25) is 12.7 Å². The first kappa shape index (κ1) is 21.9. The number of rotatable bonds is 9. The van der Waals surface area contributed by atoms with E-state index >= 15 is 0 Å². The number of imidazole rings is 1. The summed E-state index contributed by atoms with van der Waals surface area (Å²) >= 11 is 3.81. The van der Waals surface area contributed by atoms with Gasteiger partial charge >= 0.3 is 0 Å². The third-order valence-electron chi connectivity index (χ3n) is 4.68. The number of hydrogen-bond acceptors (Lipinski definition) is 9. The van der Waals surface area contributed by atoms with Gasteiger partial charge in [0.25, 0.3) is 0 Å². The van der Waals surface area contributed by atoms with E-state index in [0.717, 1.165) is 30.6 Å². The summed E-state index contributed by atoms with van der Waals surface area (Å²) in [5, 5.41) is 12.7. The highest BCUT2D eigenvalue weighted by molar-refractivity contribution is 14.1. The predicted molar refractivity (Wildman–Crippen MR) is 123 cm³/mol. The highest BCUT2D eigenvalue weighted by Crippen LogP contribution is 2.41. The number of nitrogen functional groups attached to an aromatic ring is 1. The maximum absolute atomic E-state index is 11.1. The summed E-state index contributed by atoms with van der Waals surface area (Å²) in [6, 6.07) is 5.82. The van der Waals surface area contributed by atoms with Crippen LogP contribution in [0.25, 0.3) is 11.0 Å². The molecule has 3 aromatic rings. The molecule has 12 heteroatoms. The number of pyridine rings is 1. The zero-order valence-corrected chi connectivity index (χ0v) is 19.4. The van der Waals surface area contributed by atoms with Crippen molar-refractivity contribution in [2.24, 2.45) is 0 Å². The Morgan fingerprint density at radius 1 is 1.32 bits per heavy atom. The maximum Gasteiger partial charge on any atom is 0.243 e. The number of nitrogens with two attached hydrogens (primary N) is 1. The molecule has 0 atom stereocenters. The lowest BCUT2D eigenvalue weighted by molar-refractivity contribution is -0.129. The molecule has 3 heterocycles. The van der Waals surface area contributed by atoms with Crippen LogP contribution in [0.4, 0.5) is 5.82 Å². The highest BCUT2D eigenvalue weighted by atomic mass is 127. The van der Waals surface area contributed by atoms with Gasteiger partial charge in [-0.05, 0) is 53.8 Å². The molecule has 0 saturated carbocycles. The quantitative estimate of drug-likeness (QED) is 0.136. The van der Waals surface area contributed by atoms with Gasteiger partial charge in [-0.3, -0.25) is 10.0 Å². The fraction of sp³-hybridized carbons (Fsp3) is 0.316. The molecular weight excluding hydrogens is 535 g/mol. The minimum absolute atomic E-state index is 0.228. The van der Waals surface area contributed by atoms with Crippen LogP contribution < -0.4 is 26.0 Å². The average Bonchev–Trinajstić information content (AvgIpc) is 3.35. The lowest BCUT2D eigenvalue weighted by atomic mass is 10.3. The van der Waals surface area contributed by atoms with Crippen molar-refractivity contribution in [3.8, 4) is 11.5 Å². The van der Waals surface area contributed by atoms with E-state index in [0.29, 0.717) is 37.4 Å². The third kappa shape index (κ3) is 4.97. The van der Waals surface area contributed by atoms with Crippen LogP contribution in [0.15, 0.2) is 34.4 Å². The molecule has 0 fully saturated rings. The van der Waals surface area contributed by atoms with Crippen LogP contribution >= 0.6 is 34.4 Å². The standard InChI is InChI=1S/C19H21IN6O4S/c20-11-8-13-14(30-10-29-13)9-15(11)31-19-24-17-12(3-5-23-18(17)21)26(19)7-6-22-4-1-2-16(27)25-28/h3,5,8-9,22,28H,1-2,4,6-7,10H2,(H2,21,23)(H,25,27). The summed E-state index contributed by atoms with van der Waals surface area (Å²) in [5.74, 6) is 1.47. The SMILES string of the molecule is Nc1nccc2c1nc(Sc1cc3c(cc1I)OCO3)n2CCNCCCC(=O)NO. The largest absolute Gasteiger partial charge is 0.454 e. The average molecular weight is 556 g/mol. The molecule has 164 valence electrons. The lowest BCUT2D eigenvalue weighted by Gasteiger charge is -2.11. The van der Waals surface area contributed by atoms with E-state index in [9.17, 15) is 4.79 Å². The molecule has 5 N–H and O–H groups in total. The zero-order valence-electron chi connectivity index (χ0n) is 16.4. The Kier molecular flexibility index (Phi) is 6.99. The molecule has 10 nitrogen and oxygen atoms in total. The fourth-order valence-electron chi connectivity index (χ4n) is 3.17. The van der Waals surface area contributed by atoms with Crippen LogP contribution in [0.5, 0.6) is 11.5 Å². The van der Waals surface area contributed by atoms with Crippen LogP contribution in [0.2, 0.25) is 0 Å². The normalized spacial score (nSPS) is 12.5. The van der Waals surface area contributed by atoms with Crippen molar-refractivity contribution < 1.29 is 19.5 Å². The Labute approximate surface area is 196 Å². The monoisotopic (exact) mass is 556 g/mol. The van der Waals surface area contributed by atoms with Crippen LogP contribution in [-0.2, 0) is 11.3 Å². The second-order valence-electron chi connectivity index (χ2n) is 6.74. The number of amides is 1. The molecule has 0 unspecified atom stereocenters. The highest BCUT2D eigenvalue weighted by Gasteiger charge is 2.20. The number of carbonyl (C=O) groups is 1. The van der Waals surface area contributed by atoms with Crippen LogP contribution in [-0.4, -0.2) is 45.5 Å². The van der Waals surface area contributed by atoms with Gasteiger partial charge in [-0.15, -0.1) is 0 Å². The Morgan fingerprint density at radius 2 is 2.13 bits per heavy atom. The van der Waals surface area contributed by atoms with Crippen LogP contribution in [0.3, 0.4) is 0 Å². The molecule has 0 saturated heterocycles. The first-order valence-electron chi connectivity index (χ1n) is 9.58. The molecule has 0 spiro atoms. The van der Waals surface area contributed by atoms with Gasteiger partial charge in [0.1, 0.15) is 5.52 Å². The predicted octanol–water partition coefficient (Wildman–Crippen LogP) is 2.37. The van der Waals surface area contributed by atoms with Gasteiger partial charge in [-0.1, -0.05) is 11.8 Å². The lowest BCUT2D eigenvalue weighted by Crippen LogP contribution is -2.24. The van der Waals surface area contributed by atoms with E-state index in [1.54, 1.807) is 11.7 Å². The molecule has 1 aliphatic heterocycles. The molecule has 2 aromatic heterocycles. The van der Waals surface area contributed by atoms with Crippen molar-refractivity contribution >= 4 is 57.1 Å². The number of nitrogens with zero attached hydrogens (tertiary/aromatic N) is 3. The summed E-state index contributed by atoms with van der Waals surface area (Å²) in [6.07, 6.45) is 2.57. The minimum atomic E-state index is -0.387. The second-order valence-corrected chi connectivity index (χ2v) is 8.91. The number of carbonyl (C=O) groups excluding carboxylic acids is 1. The van der Waals surface area contributed by atoms with Crippen molar-refractivity contribution in [2.45, 2.75) is 29.4 Å². The van der Waals surface area contributed by atoms with Crippen LogP contribution in [0, 0.1) is 3.57 Å². The van der Waals surface area contributed by atoms with Crippen molar-refractivity contribution in [2.75, 3.05) is 25.6 Å². The number of fused-ring (bicyclic) bond motifs is 2. The molecule has 0 radical (unpaired) electrons. The van der Waals surface area contributed by atoms with Crippen LogP contribution in [0.1, 0.15) is 12.8 Å². The number of anilines is 1. The second kappa shape index (κ2) is 9.89. The molecule has 1 aromatic carbocycles. The molecular formula is C19H21IN6O4S. The summed E-state index contributed by atoms with van der Waals surface area (Å²) in [7, 11) is 0. The molecule has 31 heavy (non-hydrogen) atoms.